The van der Waals surface area contributed by atoms with Gasteiger partial charge in [0.15, 0.2) is 9.84 Å². The summed E-state index contributed by atoms with van der Waals surface area (Å²) in [7, 11) is -2.84. The lowest BCUT2D eigenvalue weighted by atomic mass is 10.1. The van der Waals surface area contributed by atoms with E-state index in [0.29, 0.717) is 24.6 Å². The lowest BCUT2D eigenvalue weighted by Gasteiger charge is -2.37. The molecule has 1 aromatic rings. The maximum atomic E-state index is 12.5. The highest BCUT2D eigenvalue weighted by Crippen LogP contribution is 2.28. The minimum Gasteiger partial charge on any atom is -0.339 e. The fourth-order valence-electron chi connectivity index (χ4n) is 4.27. The Labute approximate surface area is 160 Å². The van der Waals surface area contributed by atoms with Gasteiger partial charge in [-0.2, -0.15) is 0 Å². The Kier molecular flexibility index (Phi) is 5.30. The van der Waals surface area contributed by atoms with Crippen LogP contribution in [-0.4, -0.2) is 73.6 Å². The maximum Gasteiger partial charge on any atom is 0.233 e. The molecule has 0 aromatic heterocycles. The van der Waals surface area contributed by atoms with E-state index in [0.717, 1.165) is 25.9 Å². The number of fused-ring (bicyclic) bond motifs is 1. The Morgan fingerprint density at radius 3 is 2.62 bits per heavy atom. The molecule has 5 nitrogen and oxygen atoms in total. The normalized spacial score (nSPS) is 25.4. The van der Waals surface area contributed by atoms with Crippen molar-refractivity contribution in [1.82, 2.24) is 9.80 Å². The number of amides is 1. The van der Waals surface area contributed by atoms with E-state index in [1.165, 1.54) is 28.9 Å². The first kappa shape index (κ1) is 18.3. The highest BCUT2D eigenvalue weighted by Gasteiger charge is 2.34. The molecule has 1 aromatic carbocycles. The molecule has 2 heterocycles. The van der Waals surface area contributed by atoms with Gasteiger partial charge in [0.25, 0.3) is 0 Å². The summed E-state index contributed by atoms with van der Waals surface area (Å²) in [5, 5.41) is 0. The van der Waals surface area contributed by atoms with E-state index in [1.807, 2.05) is 4.90 Å². The number of carbonyl (C=O) groups is 1. The fraction of sp³-hybridized carbons (Fsp3) is 0.632. The molecule has 7 heteroatoms. The first-order valence-electron chi connectivity index (χ1n) is 9.47. The van der Waals surface area contributed by atoms with Crippen LogP contribution in [0.4, 0.5) is 0 Å². The van der Waals surface area contributed by atoms with Gasteiger partial charge in [0, 0.05) is 37.1 Å². The van der Waals surface area contributed by atoms with Gasteiger partial charge in [0.05, 0.1) is 17.3 Å². The van der Waals surface area contributed by atoms with Crippen molar-refractivity contribution in [3.63, 3.8) is 0 Å². The molecular weight excluding hydrogens is 368 g/mol. The van der Waals surface area contributed by atoms with Crippen molar-refractivity contribution in [2.45, 2.75) is 36.6 Å². The Balaban J connectivity index is 1.25. The largest absolute Gasteiger partial charge is 0.339 e. The van der Waals surface area contributed by atoms with Crippen molar-refractivity contribution in [3.8, 4) is 0 Å². The van der Waals surface area contributed by atoms with E-state index < -0.39 is 9.84 Å². The molecule has 1 atom stereocenters. The summed E-state index contributed by atoms with van der Waals surface area (Å²) in [5.74, 6) is 1.27. The number of aryl methyl sites for hydroxylation is 2. The van der Waals surface area contributed by atoms with E-state index in [2.05, 4.69) is 23.1 Å². The molecule has 4 rings (SSSR count). The van der Waals surface area contributed by atoms with Crippen LogP contribution < -0.4 is 0 Å². The van der Waals surface area contributed by atoms with E-state index in [-0.39, 0.29) is 17.7 Å². The first-order chi connectivity index (χ1) is 12.5. The van der Waals surface area contributed by atoms with E-state index in [4.69, 9.17) is 0 Å². The highest BCUT2D eigenvalue weighted by molar-refractivity contribution is 8.00. The molecule has 0 unspecified atom stereocenters. The monoisotopic (exact) mass is 394 g/mol. The summed E-state index contributed by atoms with van der Waals surface area (Å²) in [6.07, 6.45) is 4.34. The number of sulfone groups is 1. The summed E-state index contributed by atoms with van der Waals surface area (Å²) >= 11 is 1.63. The van der Waals surface area contributed by atoms with Gasteiger partial charge in [-0.1, -0.05) is 6.07 Å². The molecule has 1 aliphatic carbocycles. The molecule has 2 aliphatic heterocycles. The van der Waals surface area contributed by atoms with Crippen LogP contribution in [0.5, 0.6) is 0 Å². The van der Waals surface area contributed by atoms with Crippen molar-refractivity contribution < 1.29 is 13.2 Å². The van der Waals surface area contributed by atoms with Crippen LogP contribution >= 0.6 is 11.8 Å². The number of hydrogen-bond acceptors (Lipinski definition) is 5. The minimum atomic E-state index is -2.84. The van der Waals surface area contributed by atoms with Crippen molar-refractivity contribution in [2.24, 2.45) is 0 Å². The third-order valence-electron chi connectivity index (χ3n) is 5.82. The summed E-state index contributed by atoms with van der Waals surface area (Å²) in [6, 6.07) is 6.75. The summed E-state index contributed by atoms with van der Waals surface area (Å²) in [5.41, 5.74) is 2.91. The molecule has 1 amide bonds. The van der Waals surface area contributed by atoms with Crippen molar-refractivity contribution in [2.75, 3.05) is 43.4 Å². The Morgan fingerprint density at radius 1 is 1.12 bits per heavy atom. The van der Waals surface area contributed by atoms with Gasteiger partial charge in [-0.05, 0) is 48.9 Å². The number of nitrogens with zero attached hydrogens (tertiary/aromatic N) is 2. The third-order valence-corrected chi connectivity index (χ3v) is 8.55. The van der Waals surface area contributed by atoms with Gasteiger partial charge in [-0.3, -0.25) is 9.69 Å². The zero-order valence-corrected chi connectivity index (χ0v) is 16.7. The van der Waals surface area contributed by atoms with Crippen LogP contribution in [0.2, 0.25) is 0 Å². The SMILES string of the molecule is O=C(CSc1ccc2c(c1)CCC2)N1CCN([C@@H]2CCS(=O)(=O)C2)CC1. The number of rotatable bonds is 4. The lowest BCUT2D eigenvalue weighted by Crippen LogP contribution is -2.52. The van der Waals surface area contributed by atoms with Crippen LogP contribution in [0.3, 0.4) is 0 Å². The molecule has 0 N–H and O–H groups in total. The molecule has 26 heavy (non-hydrogen) atoms. The molecule has 0 saturated carbocycles. The van der Waals surface area contributed by atoms with Crippen molar-refractivity contribution in [1.29, 1.82) is 0 Å². The van der Waals surface area contributed by atoms with Crippen LogP contribution in [-0.2, 0) is 27.5 Å². The smallest absolute Gasteiger partial charge is 0.233 e. The van der Waals surface area contributed by atoms with Crippen LogP contribution in [0.15, 0.2) is 23.1 Å². The Bertz CT molecular complexity index is 786. The molecule has 0 spiro atoms. The number of hydrogen-bond donors (Lipinski definition) is 0. The van der Waals surface area contributed by atoms with Gasteiger partial charge in [0.1, 0.15) is 0 Å². The number of thioether (sulfide) groups is 1. The average Bonchev–Trinajstić information content (AvgIpc) is 3.25. The van der Waals surface area contributed by atoms with E-state index >= 15 is 0 Å². The summed E-state index contributed by atoms with van der Waals surface area (Å²) in [6.45, 7) is 2.99. The first-order valence-corrected chi connectivity index (χ1v) is 12.3. The fourth-order valence-corrected chi connectivity index (χ4v) is 6.90. The summed E-state index contributed by atoms with van der Waals surface area (Å²) < 4.78 is 23.3. The third kappa shape index (κ3) is 4.10. The van der Waals surface area contributed by atoms with Crippen molar-refractivity contribution in [3.05, 3.63) is 29.3 Å². The van der Waals surface area contributed by atoms with Gasteiger partial charge >= 0.3 is 0 Å². The topological polar surface area (TPSA) is 57.7 Å². The minimum absolute atomic E-state index is 0.151. The van der Waals surface area contributed by atoms with E-state index in [9.17, 15) is 13.2 Å². The Morgan fingerprint density at radius 2 is 1.88 bits per heavy atom. The standard InChI is InChI=1S/C19H26N2O3S2/c22-19(13-25-18-5-4-15-2-1-3-16(15)12-18)21-9-7-20(8-10-21)17-6-11-26(23,24)14-17/h4-5,12,17H,1-3,6-11,13-14H2/t17-/m1/s1. The van der Waals surface area contributed by atoms with Crippen LogP contribution in [0.1, 0.15) is 24.0 Å². The van der Waals surface area contributed by atoms with Gasteiger partial charge in [0.2, 0.25) is 5.91 Å². The van der Waals surface area contributed by atoms with Crippen LogP contribution in [0, 0.1) is 0 Å². The van der Waals surface area contributed by atoms with Gasteiger partial charge < -0.3 is 4.90 Å². The lowest BCUT2D eigenvalue weighted by molar-refractivity contribution is -0.130. The molecule has 142 valence electrons. The molecule has 2 saturated heterocycles. The highest BCUT2D eigenvalue weighted by atomic mass is 32.2. The number of carbonyl (C=O) groups excluding carboxylic acids is 1. The quantitative estimate of drug-likeness (QED) is 0.726. The molecule has 0 bridgehead atoms. The second-order valence-electron chi connectivity index (χ2n) is 7.55. The van der Waals surface area contributed by atoms with Crippen LogP contribution in [0.25, 0.3) is 0 Å². The molecule has 3 aliphatic rings. The number of piperazine rings is 1. The average molecular weight is 395 g/mol. The van der Waals surface area contributed by atoms with Gasteiger partial charge in [-0.25, -0.2) is 8.42 Å². The Hall–Kier alpha value is -1.05. The predicted molar refractivity (Wildman–Crippen MR) is 104 cm³/mol. The maximum absolute atomic E-state index is 12.5. The van der Waals surface area contributed by atoms with Gasteiger partial charge in [-0.15, -0.1) is 11.8 Å². The second-order valence-corrected chi connectivity index (χ2v) is 10.8. The van der Waals surface area contributed by atoms with E-state index in [1.54, 1.807) is 11.8 Å². The predicted octanol–water partition coefficient (Wildman–Crippen LogP) is 1.60. The zero-order valence-electron chi connectivity index (χ0n) is 15.0. The molecule has 0 radical (unpaired) electrons. The molecule has 2 fully saturated rings. The molecular formula is C19H26N2O3S2. The zero-order chi connectivity index (χ0) is 18.1. The summed E-state index contributed by atoms with van der Waals surface area (Å²) in [4.78, 5) is 17.9. The number of benzene rings is 1. The second kappa shape index (κ2) is 7.52. The van der Waals surface area contributed by atoms with Crippen molar-refractivity contribution >= 4 is 27.5 Å².